The Morgan fingerprint density at radius 2 is 2.00 bits per heavy atom. The van der Waals surface area contributed by atoms with Gasteiger partial charge in [-0.15, -0.1) is 0 Å². The zero-order valence-electron chi connectivity index (χ0n) is 9.56. The van der Waals surface area contributed by atoms with Crippen LogP contribution in [0.25, 0.3) is 0 Å². The topological polar surface area (TPSA) is 76.3 Å². The van der Waals surface area contributed by atoms with E-state index in [2.05, 4.69) is 4.98 Å². The maximum absolute atomic E-state index is 11.7. The summed E-state index contributed by atoms with van der Waals surface area (Å²) in [5, 5.41) is 0. The zero-order chi connectivity index (χ0) is 12.3. The number of imide groups is 1. The van der Waals surface area contributed by atoms with Crippen molar-refractivity contribution in [2.24, 2.45) is 5.73 Å². The van der Waals surface area contributed by atoms with Crippen LogP contribution in [-0.4, -0.2) is 21.7 Å². The van der Waals surface area contributed by atoms with Crippen molar-refractivity contribution in [3.8, 4) is 0 Å². The molecule has 0 saturated carbocycles. The maximum Gasteiger partial charge on any atom is 0.229 e. The first-order chi connectivity index (χ1) is 8.22. The molecule has 1 saturated heterocycles. The van der Waals surface area contributed by atoms with Crippen molar-refractivity contribution >= 4 is 11.8 Å². The van der Waals surface area contributed by atoms with Gasteiger partial charge in [0.2, 0.25) is 11.8 Å². The molecule has 0 unspecified atom stereocenters. The van der Waals surface area contributed by atoms with Crippen molar-refractivity contribution in [2.75, 3.05) is 0 Å². The van der Waals surface area contributed by atoms with Gasteiger partial charge in [-0.1, -0.05) is 6.07 Å². The fourth-order valence-electron chi connectivity index (χ4n) is 1.95. The maximum atomic E-state index is 11.7. The number of aromatic nitrogens is 1. The van der Waals surface area contributed by atoms with E-state index in [1.165, 1.54) is 4.90 Å². The van der Waals surface area contributed by atoms with E-state index >= 15 is 0 Å². The summed E-state index contributed by atoms with van der Waals surface area (Å²) in [6.45, 7) is 0.602. The summed E-state index contributed by atoms with van der Waals surface area (Å²) in [6, 6.07) is 3.64. The molecule has 2 rings (SSSR count). The van der Waals surface area contributed by atoms with Crippen LogP contribution in [0.1, 0.15) is 30.5 Å². The number of carbonyl (C=O) groups is 2. The standard InChI is InChI=1S/C12H15N3O2/c13-7-10-9(3-2-6-14-10)8-15-11(16)4-1-5-12(15)17/h2-3,6H,1,4-5,7-8,13H2. The average molecular weight is 233 g/mol. The van der Waals surface area contributed by atoms with Crippen LogP contribution in [0, 0.1) is 0 Å². The number of likely N-dealkylation sites (tertiary alicyclic amines) is 1. The zero-order valence-corrected chi connectivity index (χ0v) is 9.56. The molecule has 0 aliphatic carbocycles. The van der Waals surface area contributed by atoms with Gasteiger partial charge in [-0.3, -0.25) is 19.5 Å². The number of nitrogens with zero attached hydrogens (tertiary/aromatic N) is 2. The van der Waals surface area contributed by atoms with E-state index in [0.717, 1.165) is 11.3 Å². The smallest absolute Gasteiger partial charge is 0.229 e. The van der Waals surface area contributed by atoms with Gasteiger partial charge < -0.3 is 5.73 Å². The molecule has 5 heteroatoms. The van der Waals surface area contributed by atoms with Crippen LogP contribution >= 0.6 is 0 Å². The highest BCUT2D eigenvalue weighted by Crippen LogP contribution is 2.16. The van der Waals surface area contributed by atoms with Crippen LogP contribution in [0.3, 0.4) is 0 Å². The quantitative estimate of drug-likeness (QED) is 0.775. The summed E-state index contributed by atoms with van der Waals surface area (Å²) in [5.74, 6) is -0.207. The van der Waals surface area contributed by atoms with E-state index in [1.54, 1.807) is 12.3 Å². The summed E-state index contributed by atoms with van der Waals surface area (Å²) < 4.78 is 0. The summed E-state index contributed by atoms with van der Waals surface area (Å²) >= 11 is 0. The summed E-state index contributed by atoms with van der Waals surface area (Å²) in [7, 11) is 0. The second-order valence-corrected chi connectivity index (χ2v) is 4.04. The Balaban J connectivity index is 2.19. The lowest BCUT2D eigenvalue weighted by Gasteiger charge is -2.25. The molecule has 1 fully saturated rings. The Hall–Kier alpha value is -1.75. The molecule has 0 atom stereocenters. The van der Waals surface area contributed by atoms with Crippen LogP contribution < -0.4 is 5.73 Å². The van der Waals surface area contributed by atoms with Crippen molar-refractivity contribution < 1.29 is 9.59 Å². The number of hydrogen-bond acceptors (Lipinski definition) is 4. The SMILES string of the molecule is NCc1ncccc1CN1C(=O)CCCC1=O. The summed E-state index contributed by atoms with van der Waals surface area (Å²) in [5.41, 5.74) is 7.15. The normalized spacial score (nSPS) is 16.4. The lowest BCUT2D eigenvalue weighted by atomic mass is 10.1. The molecule has 1 aliphatic heterocycles. The van der Waals surface area contributed by atoms with Crippen LogP contribution in [0.4, 0.5) is 0 Å². The highest BCUT2D eigenvalue weighted by Gasteiger charge is 2.26. The van der Waals surface area contributed by atoms with Gasteiger partial charge in [0, 0.05) is 25.6 Å². The Labute approximate surface area is 99.6 Å². The van der Waals surface area contributed by atoms with Crippen molar-refractivity contribution in [3.05, 3.63) is 29.6 Å². The van der Waals surface area contributed by atoms with Gasteiger partial charge in [0.05, 0.1) is 12.2 Å². The molecule has 2 amide bonds. The molecule has 1 aromatic heterocycles. The Morgan fingerprint density at radius 3 is 2.65 bits per heavy atom. The number of rotatable bonds is 3. The van der Waals surface area contributed by atoms with Gasteiger partial charge in [0.15, 0.2) is 0 Å². The Morgan fingerprint density at radius 1 is 1.29 bits per heavy atom. The fraction of sp³-hybridized carbons (Fsp3) is 0.417. The van der Waals surface area contributed by atoms with Crippen molar-refractivity contribution in [1.29, 1.82) is 0 Å². The highest BCUT2D eigenvalue weighted by atomic mass is 16.2. The van der Waals surface area contributed by atoms with Crippen molar-refractivity contribution in [3.63, 3.8) is 0 Å². The Kier molecular flexibility index (Phi) is 3.49. The van der Waals surface area contributed by atoms with E-state index in [0.29, 0.717) is 25.8 Å². The largest absolute Gasteiger partial charge is 0.325 e. The molecule has 5 nitrogen and oxygen atoms in total. The van der Waals surface area contributed by atoms with Gasteiger partial charge >= 0.3 is 0 Å². The van der Waals surface area contributed by atoms with Gasteiger partial charge in [-0.05, 0) is 18.1 Å². The fourth-order valence-corrected chi connectivity index (χ4v) is 1.95. The van der Waals surface area contributed by atoms with Crippen molar-refractivity contribution in [1.82, 2.24) is 9.88 Å². The molecular weight excluding hydrogens is 218 g/mol. The van der Waals surface area contributed by atoms with Gasteiger partial charge in [0.25, 0.3) is 0 Å². The minimum absolute atomic E-state index is 0.104. The van der Waals surface area contributed by atoms with Crippen molar-refractivity contribution in [2.45, 2.75) is 32.4 Å². The lowest BCUT2D eigenvalue weighted by molar-refractivity contribution is -0.148. The first-order valence-electron chi connectivity index (χ1n) is 5.68. The molecule has 0 radical (unpaired) electrons. The van der Waals surface area contributed by atoms with Gasteiger partial charge in [-0.25, -0.2) is 0 Å². The molecule has 0 aromatic carbocycles. The van der Waals surface area contributed by atoms with E-state index in [9.17, 15) is 9.59 Å². The van der Waals surface area contributed by atoms with E-state index in [1.807, 2.05) is 6.07 Å². The third-order valence-corrected chi connectivity index (χ3v) is 2.89. The monoisotopic (exact) mass is 233 g/mol. The molecule has 0 bridgehead atoms. The third kappa shape index (κ3) is 2.50. The van der Waals surface area contributed by atoms with Gasteiger partial charge in [0.1, 0.15) is 0 Å². The second kappa shape index (κ2) is 5.05. The second-order valence-electron chi connectivity index (χ2n) is 4.04. The van der Waals surface area contributed by atoms with E-state index in [-0.39, 0.29) is 18.4 Å². The van der Waals surface area contributed by atoms with Crippen LogP contribution in [0.15, 0.2) is 18.3 Å². The summed E-state index contributed by atoms with van der Waals surface area (Å²) in [4.78, 5) is 28.8. The Bertz CT molecular complexity index is 429. The number of pyridine rings is 1. The highest BCUT2D eigenvalue weighted by molar-refractivity contribution is 5.97. The lowest BCUT2D eigenvalue weighted by Crippen LogP contribution is -2.39. The van der Waals surface area contributed by atoms with Gasteiger partial charge in [-0.2, -0.15) is 0 Å². The van der Waals surface area contributed by atoms with Crippen LogP contribution in [0.5, 0.6) is 0 Å². The molecule has 0 spiro atoms. The molecule has 2 heterocycles. The molecule has 2 N–H and O–H groups in total. The number of hydrogen-bond donors (Lipinski definition) is 1. The number of amides is 2. The minimum Gasteiger partial charge on any atom is -0.325 e. The molecule has 17 heavy (non-hydrogen) atoms. The number of nitrogens with two attached hydrogens (primary N) is 1. The minimum atomic E-state index is -0.104. The molecular formula is C12H15N3O2. The van der Waals surface area contributed by atoms with E-state index < -0.39 is 0 Å². The first-order valence-corrected chi connectivity index (χ1v) is 5.68. The van der Waals surface area contributed by atoms with Crippen LogP contribution in [0.2, 0.25) is 0 Å². The van der Waals surface area contributed by atoms with E-state index in [4.69, 9.17) is 5.73 Å². The molecule has 90 valence electrons. The number of piperidine rings is 1. The summed E-state index contributed by atoms with van der Waals surface area (Å²) in [6.07, 6.45) is 3.21. The molecule has 1 aromatic rings. The predicted octanol–water partition coefficient (Wildman–Crippen LogP) is 0.579. The average Bonchev–Trinajstić information content (AvgIpc) is 2.34. The van der Waals surface area contributed by atoms with Crippen LogP contribution in [-0.2, 0) is 22.7 Å². The third-order valence-electron chi connectivity index (χ3n) is 2.89. The number of carbonyl (C=O) groups excluding carboxylic acids is 2. The predicted molar refractivity (Wildman–Crippen MR) is 61.5 cm³/mol. The molecule has 1 aliphatic rings. The first kappa shape index (κ1) is 11.7.